The number of amides is 2. The number of carbonyl (C=O) groups is 1. The van der Waals surface area contributed by atoms with Crippen molar-refractivity contribution in [1.29, 1.82) is 0 Å². The first-order valence-electron chi connectivity index (χ1n) is 6.91. The van der Waals surface area contributed by atoms with Gasteiger partial charge in [0.1, 0.15) is 5.75 Å². The van der Waals surface area contributed by atoms with E-state index < -0.39 is 0 Å². The average Bonchev–Trinajstić information content (AvgIpc) is 2.93. The van der Waals surface area contributed by atoms with Gasteiger partial charge in [0.05, 0.1) is 18.1 Å². The fourth-order valence-electron chi connectivity index (χ4n) is 1.81. The van der Waals surface area contributed by atoms with E-state index in [1.54, 1.807) is 12.5 Å². The Hall–Kier alpha value is -2.50. The first kappa shape index (κ1) is 14.9. The molecule has 0 aliphatic carbocycles. The summed E-state index contributed by atoms with van der Waals surface area (Å²) in [6, 6.07) is 7.12. The summed E-state index contributed by atoms with van der Waals surface area (Å²) in [5, 5.41) is 5.59. The van der Waals surface area contributed by atoms with Crippen molar-refractivity contribution in [2.45, 2.75) is 26.5 Å². The Morgan fingerprint density at radius 2 is 2.19 bits per heavy atom. The molecule has 0 saturated carbocycles. The van der Waals surface area contributed by atoms with Crippen LogP contribution in [0.4, 0.5) is 10.5 Å². The van der Waals surface area contributed by atoms with Gasteiger partial charge >= 0.3 is 6.03 Å². The van der Waals surface area contributed by atoms with Gasteiger partial charge in [0.2, 0.25) is 0 Å². The maximum Gasteiger partial charge on any atom is 0.319 e. The van der Waals surface area contributed by atoms with E-state index in [0.29, 0.717) is 24.5 Å². The van der Waals surface area contributed by atoms with Gasteiger partial charge in [0, 0.05) is 25.5 Å². The minimum absolute atomic E-state index is 0.0530. The number of urea groups is 1. The zero-order chi connectivity index (χ0) is 15.1. The number of nitrogens with zero attached hydrogens (tertiary/aromatic N) is 2. The summed E-state index contributed by atoms with van der Waals surface area (Å²) in [6.07, 6.45) is 5.33. The number of anilines is 1. The van der Waals surface area contributed by atoms with E-state index in [9.17, 15) is 4.79 Å². The highest BCUT2D eigenvalue weighted by Gasteiger charge is 2.08. The lowest BCUT2D eigenvalue weighted by molar-refractivity contribution is 0.241. The summed E-state index contributed by atoms with van der Waals surface area (Å²) in [6.45, 7) is 5.09. The predicted octanol–water partition coefficient (Wildman–Crippen LogP) is 2.49. The Morgan fingerprint density at radius 1 is 1.38 bits per heavy atom. The van der Waals surface area contributed by atoms with Gasteiger partial charge in [-0.2, -0.15) is 0 Å². The maximum atomic E-state index is 11.9. The summed E-state index contributed by atoms with van der Waals surface area (Å²) >= 11 is 0. The number of para-hydroxylation sites is 2. The van der Waals surface area contributed by atoms with Gasteiger partial charge in [-0.25, -0.2) is 9.78 Å². The Bertz CT molecular complexity index is 567. The highest BCUT2D eigenvalue weighted by molar-refractivity contribution is 5.90. The third-order valence-corrected chi connectivity index (χ3v) is 2.71. The van der Waals surface area contributed by atoms with Crippen molar-refractivity contribution in [2.75, 3.05) is 11.9 Å². The van der Waals surface area contributed by atoms with Crippen molar-refractivity contribution in [1.82, 2.24) is 14.9 Å². The van der Waals surface area contributed by atoms with E-state index >= 15 is 0 Å². The standard InChI is InChI=1S/C15H20N4O2/c1-12(2)21-14-6-4-3-5-13(14)18-15(20)17-8-10-19-9-7-16-11-19/h3-7,9,11-12H,8,10H2,1-2H3,(H2,17,18,20). The van der Waals surface area contributed by atoms with Gasteiger partial charge < -0.3 is 19.9 Å². The highest BCUT2D eigenvalue weighted by Crippen LogP contribution is 2.24. The molecule has 2 rings (SSSR count). The fourth-order valence-corrected chi connectivity index (χ4v) is 1.81. The van der Waals surface area contributed by atoms with Crippen molar-refractivity contribution in [3.05, 3.63) is 43.0 Å². The number of hydrogen-bond donors (Lipinski definition) is 2. The van der Waals surface area contributed by atoms with Crippen molar-refractivity contribution < 1.29 is 9.53 Å². The molecule has 0 unspecified atom stereocenters. The SMILES string of the molecule is CC(C)Oc1ccccc1NC(=O)NCCn1ccnc1. The van der Waals surface area contributed by atoms with Crippen LogP contribution in [0.2, 0.25) is 0 Å². The Morgan fingerprint density at radius 3 is 2.90 bits per heavy atom. The van der Waals surface area contributed by atoms with Gasteiger partial charge in [-0.3, -0.25) is 0 Å². The van der Waals surface area contributed by atoms with Crippen LogP contribution < -0.4 is 15.4 Å². The molecule has 0 radical (unpaired) electrons. The van der Waals surface area contributed by atoms with Crippen molar-refractivity contribution in [2.24, 2.45) is 0 Å². The Labute approximate surface area is 124 Å². The topological polar surface area (TPSA) is 68.2 Å². The van der Waals surface area contributed by atoms with Crippen molar-refractivity contribution >= 4 is 11.7 Å². The number of aromatic nitrogens is 2. The lowest BCUT2D eigenvalue weighted by atomic mass is 10.3. The molecule has 2 N–H and O–H groups in total. The number of imidazole rings is 1. The molecule has 1 heterocycles. The lowest BCUT2D eigenvalue weighted by Gasteiger charge is -2.15. The highest BCUT2D eigenvalue weighted by atomic mass is 16.5. The molecule has 1 aromatic carbocycles. The number of nitrogens with one attached hydrogen (secondary N) is 2. The molecule has 2 aromatic rings. The van der Waals surface area contributed by atoms with E-state index in [-0.39, 0.29) is 12.1 Å². The molecule has 6 heteroatoms. The zero-order valence-corrected chi connectivity index (χ0v) is 12.2. The number of hydrogen-bond acceptors (Lipinski definition) is 3. The number of benzene rings is 1. The van der Waals surface area contributed by atoms with Gasteiger partial charge in [-0.15, -0.1) is 0 Å². The van der Waals surface area contributed by atoms with Crippen LogP contribution in [0.5, 0.6) is 5.75 Å². The lowest BCUT2D eigenvalue weighted by Crippen LogP contribution is -2.31. The van der Waals surface area contributed by atoms with Crippen LogP contribution in [0.15, 0.2) is 43.0 Å². The molecule has 0 fully saturated rings. The maximum absolute atomic E-state index is 11.9. The second-order valence-electron chi connectivity index (χ2n) is 4.84. The average molecular weight is 288 g/mol. The molecular weight excluding hydrogens is 268 g/mol. The van der Waals surface area contributed by atoms with Crippen LogP contribution in [-0.4, -0.2) is 28.2 Å². The summed E-state index contributed by atoms with van der Waals surface area (Å²) in [4.78, 5) is 15.8. The largest absolute Gasteiger partial charge is 0.489 e. The quantitative estimate of drug-likeness (QED) is 0.858. The molecule has 2 amide bonds. The monoisotopic (exact) mass is 288 g/mol. The molecule has 21 heavy (non-hydrogen) atoms. The fraction of sp³-hybridized carbons (Fsp3) is 0.333. The predicted molar refractivity (Wildman–Crippen MR) is 81.5 cm³/mol. The van der Waals surface area contributed by atoms with Crippen LogP contribution in [0, 0.1) is 0 Å². The third-order valence-electron chi connectivity index (χ3n) is 2.71. The summed E-state index contributed by atoms with van der Waals surface area (Å²) in [5.41, 5.74) is 0.659. The Kier molecular flexibility index (Phi) is 5.20. The van der Waals surface area contributed by atoms with Crippen LogP contribution in [0.25, 0.3) is 0 Å². The normalized spacial score (nSPS) is 10.4. The summed E-state index contributed by atoms with van der Waals surface area (Å²) in [5.74, 6) is 0.664. The first-order valence-corrected chi connectivity index (χ1v) is 6.91. The molecule has 1 aromatic heterocycles. The number of carbonyl (C=O) groups excluding carboxylic acids is 1. The molecule has 0 atom stereocenters. The van der Waals surface area contributed by atoms with Gasteiger partial charge in [-0.1, -0.05) is 12.1 Å². The summed E-state index contributed by atoms with van der Waals surface area (Å²) < 4.78 is 7.55. The minimum Gasteiger partial charge on any atom is -0.489 e. The molecule has 0 aliphatic heterocycles. The van der Waals surface area contributed by atoms with E-state index in [1.165, 1.54) is 0 Å². The first-order chi connectivity index (χ1) is 10.1. The van der Waals surface area contributed by atoms with Gasteiger partial charge in [-0.05, 0) is 26.0 Å². The summed E-state index contributed by atoms with van der Waals surface area (Å²) in [7, 11) is 0. The molecule has 0 bridgehead atoms. The van der Waals surface area contributed by atoms with E-state index in [2.05, 4.69) is 15.6 Å². The molecular formula is C15H20N4O2. The van der Waals surface area contributed by atoms with Crippen LogP contribution in [-0.2, 0) is 6.54 Å². The third kappa shape index (κ3) is 4.83. The van der Waals surface area contributed by atoms with Crippen LogP contribution in [0.1, 0.15) is 13.8 Å². The zero-order valence-electron chi connectivity index (χ0n) is 12.2. The molecule has 0 aliphatic rings. The molecule has 0 spiro atoms. The second kappa shape index (κ2) is 7.33. The van der Waals surface area contributed by atoms with Gasteiger partial charge in [0.25, 0.3) is 0 Å². The number of rotatable bonds is 6. The smallest absolute Gasteiger partial charge is 0.319 e. The van der Waals surface area contributed by atoms with E-state index in [4.69, 9.17) is 4.74 Å². The molecule has 112 valence electrons. The van der Waals surface area contributed by atoms with Crippen LogP contribution >= 0.6 is 0 Å². The van der Waals surface area contributed by atoms with E-state index in [0.717, 1.165) is 0 Å². The minimum atomic E-state index is -0.255. The second-order valence-corrected chi connectivity index (χ2v) is 4.84. The Balaban J connectivity index is 1.84. The number of ether oxygens (including phenoxy) is 1. The van der Waals surface area contributed by atoms with Crippen molar-refractivity contribution in [3.63, 3.8) is 0 Å². The van der Waals surface area contributed by atoms with Gasteiger partial charge in [0.15, 0.2) is 0 Å². The van der Waals surface area contributed by atoms with Crippen molar-refractivity contribution in [3.8, 4) is 5.75 Å². The van der Waals surface area contributed by atoms with Crippen LogP contribution in [0.3, 0.4) is 0 Å². The molecule has 6 nitrogen and oxygen atoms in total. The molecule has 0 saturated heterocycles. The van der Waals surface area contributed by atoms with E-state index in [1.807, 2.05) is 48.9 Å².